The first-order chi connectivity index (χ1) is 13.0. The van der Waals surface area contributed by atoms with Crippen LogP contribution in [0.25, 0.3) is 0 Å². The van der Waals surface area contributed by atoms with E-state index in [0.29, 0.717) is 27.6 Å². The van der Waals surface area contributed by atoms with Crippen LogP contribution in [0, 0.1) is 6.92 Å². The van der Waals surface area contributed by atoms with E-state index >= 15 is 0 Å². The van der Waals surface area contributed by atoms with Gasteiger partial charge >= 0.3 is 0 Å². The van der Waals surface area contributed by atoms with Crippen molar-refractivity contribution in [2.45, 2.75) is 38.3 Å². The SMILES string of the molecule is Cc1occc1C(=O)Nc1cc(Cl)ccc1C(=O)N1C2CCNCC1CC2. The van der Waals surface area contributed by atoms with Crippen LogP contribution in [-0.2, 0) is 0 Å². The lowest BCUT2D eigenvalue weighted by molar-refractivity contribution is 0.0681. The van der Waals surface area contributed by atoms with Gasteiger partial charge in [0, 0.05) is 23.7 Å². The number of rotatable bonds is 3. The van der Waals surface area contributed by atoms with Gasteiger partial charge < -0.3 is 20.0 Å². The Morgan fingerprint density at radius 1 is 1.19 bits per heavy atom. The van der Waals surface area contributed by atoms with Crippen LogP contribution in [0.3, 0.4) is 0 Å². The summed E-state index contributed by atoms with van der Waals surface area (Å²) in [6.45, 7) is 3.46. The van der Waals surface area contributed by atoms with Gasteiger partial charge in [-0.1, -0.05) is 11.6 Å². The number of carbonyl (C=O) groups excluding carboxylic acids is 2. The smallest absolute Gasteiger partial charge is 0.259 e. The summed E-state index contributed by atoms with van der Waals surface area (Å²) in [5.74, 6) is 0.152. The standard InChI is InChI=1S/C20H22ClN3O3/c1-12-16(7-9-27-12)19(25)23-18-10-13(21)2-5-17(18)20(26)24-14-3-4-15(24)11-22-8-6-14/h2,5,7,9-10,14-15,22H,3-4,6,8,11H2,1H3,(H,23,25). The van der Waals surface area contributed by atoms with Crippen LogP contribution in [0.15, 0.2) is 34.9 Å². The lowest BCUT2D eigenvalue weighted by atomic mass is 10.1. The van der Waals surface area contributed by atoms with Gasteiger partial charge in [-0.2, -0.15) is 0 Å². The van der Waals surface area contributed by atoms with Crippen molar-refractivity contribution < 1.29 is 14.0 Å². The number of aryl methyl sites for hydroxylation is 1. The molecule has 4 rings (SSSR count). The maximum atomic E-state index is 13.4. The van der Waals surface area contributed by atoms with Crippen LogP contribution in [0.1, 0.15) is 45.7 Å². The van der Waals surface area contributed by atoms with Crippen molar-refractivity contribution in [3.05, 3.63) is 52.4 Å². The molecule has 0 aliphatic carbocycles. The number of anilines is 1. The molecule has 2 N–H and O–H groups in total. The zero-order chi connectivity index (χ0) is 19.0. The molecule has 142 valence electrons. The highest BCUT2D eigenvalue weighted by Crippen LogP contribution is 2.32. The largest absolute Gasteiger partial charge is 0.469 e. The van der Waals surface area contributed by atoms with E-state index in [1.807, 2.05) is 4.90 Å². The first kappa shape index (κ1) is 18.1. The van der Waals surface area contributed by atoms with Crippen molar-refractivity contribution >= 4 is 29.1 Å². The molecule has 2 amide bonds. The average molecular weight is 388 g/mol. The van der Waals surface area contributed by atoms with Crippen LogP contribution in [0.5, 0.6) is 0 Å². The summed E-state index contributed by atoms with van der Waals surface area (Å²) < 4.78 is 5.20. The second-order valence-corrected chi connectivity index (χ2v) is 7.56. The van der Waals surface area contributed by atoms with E-state index in [1.54, 1.807) is 31.2 Å². The predicted molar refractivity (Wildman–Crippen MR) is 103 cm³/mol. The van der Waals surface area contributed by atoms with Gasteiger partial charge in [-0.05, 0) is 57.0 Å². The van der Waals surface area contributed by atoms with Gasteiger partial charge in [0.05, 0.1) is 23.1 Å². The highest BCUT2D eigenvalue weighted by molar-refractivity contribution is 6.31. The number of hydrogen-bond acceptors (Lipinski definition) is 4. The van der Waals surface area contributed by atoms with Crippen LogP contribution >= 0.6 is 11.6 Å². The third-order valence-electron chi connectivity index (χ3n) is 5.45. The molecule has 2 aliphatic rings. The van der Waals surface area contributed by atoms with Crippen LogP contribution in [0.2, 0.25) is 5.02 Å². The number of benzene rings is 1. The topological polar surface area (TPSA) is 74.6 Å². The number of nitrogens with zero attached hydrogens (tertiary/aromatic N) is 1. The van der Waals surface area contributed by atoms with E-state index in [1.165, 1.54) is 6.26 Å². The van der Waals surface area contributed by atoms with Crippen molar-refractivity contribution in [3.63, 3.8) is 0 Å². The van der Waals surface area contributed by atoms with Crippen molar-refractivity contribution in [1.82, 2.24) is 10.2 Å². The number of carbonyl (C=O) groups is 2. The first-order valence-corrected chi connectivity index (χ1v) is 9.61. The lowest BCUT2D eigenvalue weighted by Gasteiger charge is -2.28. The third kappa shape index (κ3) is 3.47. The molecular weight excluding hydrogens is 366 g/mol. The molecule has 2 bridgehead atoms. The molecule has 0 saturated carbocycles. The van der Waals surface area contributed by atoms with Crippen LogP contribution < -0.4 is 10.6 Å². The van der Waals surface area contributed by atoms with Gasteiger partial charge in [0.15, 0.2) is 0 Å². The summed E-state index contributed by atoms with van der Waals surface area (Å²) in [6, 6.07) is 7.05. The molecule has 27 heavy (non-hydrogen) atoms. The molecule has 2 aromatic rings. The Bertz CT molecular complexity index is 865. The van der Waals surface area contributed by atoms with Gasteiger partial charge in [-0.3, -0.25) is 9.59 Å². The normalized spacial score (nSPS) is 21.8. The summed E-state index contributed by atoms with van der Waals surface area (Å²) in [5, 5.41) is 6.70. The number of hydrogen-bond donors (Lipinski definition) is 2. The summed E-state index contributed by atoms with van der Waals surface area (Å²) in [5.41, 5.74) is 1.33. The zero-order valence-corrected chi connectivity index (χ0v) is 15.9. The minimum atomic E-state index is -0.321. The molecular formula is C20H22ClN3O3. The lowest BCUT2D eigenvalue weighted by Crippen LogP contribution is -2.42. The quantitative estimate of drug-likeness (QED) is 0.845. The van der Waals surface area contributed by atoms with E-state index < -0.39 is 0 Å². The number of amides is 2. The van der Waals surface area contributed by atoms with Gasteiger partial charge in [-0.15, -0.1) is 0 Å². The highest BCUT2D eigenvalue weighted by atomic mass is 35.5. The number of halogens is 1. The maximum Gasteiger partial charge on any atom is 0.259 e. The van der Waals surface area contributed by atoms with Crippen molar-refractivity contribution in [2.24, 2.45) is 0 Å². The Morgan fingerprint density at radius 2 is 2.00 bits per heavy atom. The molecule has 2 aliphatic heterocycles. The fraction of sp³-hybridized carbons (Fsp3) is 0.400. The summed E-state index contributed by atoms with van der Waals surface area (Å²) in [7, 11) is 0. The number of fused-ring (bicyclic) bond motifs is 2. The molecule has 2 saturated heterocycles. The first-order valence-electron chi connectivity index (χ1n) is 9.23. The minimum Gasteiger partial charge on any atom is -0.469 e. The van der Waals surface area contributed by atoms with Gasteiger partial charge in [0.1, 0.15) is 5.76 Å². The molecule has 3 heterocycles. The second-order valence-electron chi connectivity index (χ2n) is 7.12. The van der Waals surface area contributed by atoms with E-state index in [0.717, 1.165) is 32.4 Å². The van der Waals surface area contributed by atoms with Gasteiger partial charge in [0.2, 0.25) is 0 Å². The van der Waals surface area contributed by atoms with E-state index in [4.69, 9.17) is 16.0 Å². The predicted octanol–water partition coefficient (Wildman–Crippen LogP) is 3.46. The fourth-order valence-electron chi connectivity index (χ4n) is 4.07. The second kappa shape index (κ2) is 7.37. The van der Waals surface area contributed by atoms with Gasteiger partial charge in [-0.25, -0.2) is 0 Å². The van der Waals surface area contributed by atoms with Crippen LogP contribution in [-0.4, -0.2) is 41.9 Å². The molecule has 0 radical (unpaired) electrons. The number of nitrogens with one attached hydrogen (secondary N) is 2. The number of furan rings is 1. The average Bonchev–Trinajstić information content (AvgIpc) is 3.16. The molecule has 2 atom stereocenters. The molecule has 2 fully saturated rings. The van der Waals surface area contributed by atoms with E-state index in [9.17, 15) is 9.59 Å². The minimum absolute atomic E-state index is 0.0536. The molecule has 1 aromatic heterocycles. The fourth-order valence-corrected chi connectivity index (χ4v) is 4.24. The Kier molecular flexibility index (Phi) is 4.93. The molecule has 7 heteroatoms. The summed E-state index contributed by atoms with van der Waals surface area (Å²) >= 11 is 6.14. The molecule has 1 aromatic carbocycles. The van der Waals surface area contributed by atoms with Crippen LogP contribution in [0.4, 0.5) is 5.69 Å². The summed E-state index contributed by atoms with van der Waals surface area (Å²) in [4.78, 5) is 28.0. The van der Waals surface area contributed by atoms with E-state index in [2.05, 4.69) is 10.6 Å². The molecule has 0 spiro atoms. The summed E-state index contributed by atoms with van der Waals surface area (Å²) in [6.07, 6.45) is 4.45. The van der Waals surface area contributed by atoms with Crippen molar-refractivity contribution in [2.75, 3.05) is 18.4 Å². The Hall–Kier alpha value is -2.31. The zero-order valence-electron chi connectivity index (χ0n) is 15.1. The van der Waals surface area contributed by atoms with E-state index in [-0.39, 0.29) is 23.9 Å². The molecule has 6 nitrogen and oxygen atoms in total. The Morgan fingerprint density at radius 3 is 2.78 bits per heavy atom. The van der Waals surface area contributed by atoms with Crippen molar-refractivity contribution in [1.29, 1.82) is 0 Å². The Balaban J connectivity index is 1.64. The Labute approximate surface area is 162 Å². The molecule has 2 unspecified atom stereocenters. The third-order valence-corrected chi connectivity index (χ3v) is 5.69. The maximum absolute atomic E-state index is 13.4. The van der Waals surface area contributed by atoms with Crippen molar-refractivity contribution in [3.8, 4) is 0 Å². The highest BCUT2D eigenvalue weighted by Gasteiger charge is 2.39. The van der Waals surface area contributed by atoms with Gasteiger partial charge in [0.25, 0.3) is 11.8 Å². The monoisotopic (exact) mass is 387 g/mol.